The van der Waals surface area contributed by atoms with Crippen molar-refractivity contribution in [1.29, 1.82) is 0 Å². The molecule has 1 fully saturated rings. The monoisotopic (exact) mass is 155 g/mol. The third kappa shape index (κ3) is 2.46. The van der Waals surface area contributed by atoms with E-state index in [4.69, 9.17) is 0 Å². The van der Waals surface area contributed by atoms with Gasteiger partial charge in [-0.2, -0.15) is 0 Å². The second-order valence-electron chi connectivity index (χ2n) is 3.60. The zero-order chi connectivity index (χ0) is 8.27. The summed E-state index contributed by atoms with van der Waals surface area (Å²) < 4.78 is 0. The van der Waals surface area contributed by atoms with Crippen LogP contribution in [0.1, 0.15) is 13.8 Å². The normalized spacial score (nSPS) is 24.0. The van der Waals surface area contributed by atoms with Crippen LogP contribution in [-0.2, 0) is 0 Å². The smallest absolute Gasteiger partial charge is 0.0120 e. The van der Waals surface area contributed by atoms with E-state index in [-0.39, 0.29) is 0 Å². The van der Waals surface area contributed by atoms with Crippen molar-refractivity contribution in [3.63, 3.8) is 0 Å². The first-order chi connectivity index (χ1) is 5.22. The predicted molar refractivity (Wildman–Crippen MR) is 48.4 cm³/mol. The molecule has 1 N–H and O–H groups in total. The van der Waals surface area contributed by atoms with Crippen molar-refractivity contribution in [2.75, 3.05) is 26.2 Å². The SMILES string of the molecule is [CH2]C(C(C)C)N1CCNCC1. The van der Waals surface area contributed by atoms with E-state index >= 15 is 0 Å². The van der Waals surface area contributed by atoms with E-state index in [0.717, 1.165) is 26.2 Å². The lowest BCUT2D eigenvalue weighted by atomic mass is 10.0. The highest BCUT2D eigenvalue weighted by molar-refractivity contribution is 4.80. The number of rotatable bonds is 2. The number of hydrogen-bond donors (Lipinski definition) is 1. The molecule has 1 rings (SSSR count). The van der Waals surface area contributed by atoms with Crippen LogP contribution in [0.15, 0.2) is 0 Å². The molecule has 11 heavy (non-hydrogen) atoms. The van der Waals surface area contributed by atoms with E-state index in [2.05, 4.69) is 31.0 Å². The van der Waals surface area contributed by atoms with Crippen LogP contribution in [-0.4, -0.2) is 37.1 Å². The van der Waals surface area contributed by atoms with E-state index < -0.39 is 0 Å². The average Bonchev–Trinajstić information content (AvgIpc) is 2.05. The molecule has 2 nitrogen and oxygen atoms in total. The molecule has 1 aliphatic heterocycles. The molecule has 0 aromatic carbocycles. The van der Waals surface area contributed by atoms with E-state index in [1.165, 1.54) is 0 Å². The second-order valence-corrected chi connectivity index (χ2v) is 3.60. The van der Waals surface area contributed by atoms with Crippen LogP contribution in [0.3, 0.4) is 0 Å². The zero-order valence-electron chi connectivity index (χ0n) is 7.64. The maximum absolute atomic E-state index is 4.16. The van der Waals surface area contributed by atoms with Crippen molar-refractivity contribution in [3.05, 3.63) is 6.92 Å². The molecule has 0 aromatic heterocycles. The summed E-state index contributed by atoms with van der Waals surface area (Å²) in [6.45, 7) is 13.2. The van der Waals surface area contributed by atoms with E-state index in [1.807, 2.05) is 0 Å². The minimum atomic E-state index is 0.497. The first kappa shape index (κ1) is 9.01. The van der Waals surface area contributed by atoms with Crippen LogP contribution in [0.4, 0.5) is 0 Å². The van der Waals surface area contributed by atoms with Gasteiger partial charge in [0.25, 0.3) is 0 Å². The third-order valence-electron chi connectivity index (χ3n) is 2.39. The molecular formula is C9H19N2. The number of hydrogen-bond acceptors (Lipinski definition) is 2. The van der Waals surface area contributed by atoms with Gasteiger partial charge in [0.1, 0.15) is 0 Å². The highest BCUT2D eigenvalue weighted by Crippen LogP contribution is 2.09. The summed E-state index contributed by atoms with van der Waals surface area (Å²) in [5, 5.41) is 3.34. The Morgan fingerprint density at radius 2 is 1.82 bits per heavy atom. The summed E-state index contributed by atoms with van der Waals surface area (Å²) in [4.78, 5) is 2.46. The molecule has 1 aliphatic rings. The molecule has 1 saturated heterocycles. The van der Waals surface area contributed by atoms with Gasteiger partial charge in [0.15, 0.2) is 0 Å². The molecule has 0 bridgehead atoms. The Labute approximate surface area is 70.0 Å². The van der Waals surface area contributed by atoms with Crippen LogP contribution in [0.5, 0.6) is 0 Å². The Morgan fingerprint density at radius 1 is 1.27 bits per heavy atom. The second kappa shape index (κ2) is 4.07. The van der Waals surface area contributed by atoms with Gasteiger partial charge in [-0.1, -0.05) is 13.8 Å². The van der Waals surface area contributed by atoms with Crippen molar-refractivity contribution in [2.24, 2.45) is 5.92 Å². The van der Waals surface area contributed by atoms with Gasteiger partial charge in [-0.15, -0.1) is 0 Å². The van der Waals surface area contributed by atoms with Gasteiger partial charge in [-0.05, 0) is 12.8 Å². The molecule has 0 spiro atoms. The Kier molecular flexibility index (Phi) is 3.34. The molecule has 0 saturated carbocycles. The zero-order valence-corrected chi connectivity index (χ0v) is 7.64. The van der Waals surface area contributed by atoms with Gasteiger partial charge < -0.3 is 5.32 Å². The van der Waals surface area contributed by atoms with Gasteiger partial charge >= 0.3 is 0 Å². The summed E-state index contributed by atoms with van der Waals surface area (Å²) >= 11 is 0. The molecule has 1 radical (unpaired) electrons. The molecule has 65 valence electrons. The standard InChI is InChI=1S/C9H19N2/c1-8(2)9(3)11-6-4-10-5-7-11/h8-10H,3-7H2,1-2H3. The minimum Gasteiger partial charge on any atom is -0.314 e. The van der Waals surface area contributed by atoms with Crippen molar-refractivity contribution in [3.8, 4) is 0 Å². The molecule has 1 heterocycles. The van der Waals surface area contributed by atoms with E-state index in [0.29, 0.717) is 12.0 Å². The first-order valence-electron chi connectivity index (χ1n) is 4.49. The van der Waals surface area contributed by atoms with Crippen LogP contribution in [0.25, 0.3) is 0 Å². The fraction of sp³-hybridized carbons (Fsp3) is 0.889. The summed E-state index contributed by atoms with van der Waals surface area (Å²) in [6, 6.07) is 0.497. The Bertz CT molecular complexity index is 106. The van der Waals surface area contributed by atoms with Gasteiger partial charge in [-0.25, -0.2) is 0 Å². The Morgan fingerprint density at radius 3 is 2.27 bits per heavy atom. The van der Waals surface area contributed by atoms with Crippen molar-refractivity contribution in [2.45, 2.75) is 19.9 Å². The van der Waals surface area contributed by atoms with Crippen LogP contribution >= 0.6 is 0 Å². The van der Waals surface area contributed by atoms with Crippen molar-refractivity contribution < 1.29 is 0 Å². The van der Waals surface area contributed by atoms with Crippen LogP contribution < -0.4 is 5.32 Å². The molecule has 0 aliphatic carbocycles. The lowest BCUT2D eigenvalue weighted by molar-refractivity contribution is 0.167. The molecule has 1 unspecified atom stereocenters. The number of piperazine rings is 1. The van der Waals surface area contributed by atoms with Gasteiger partial charge in [0.2, 0.25) is 0 Å². The lowest BCUT2D eigenvalue weighted by Gasteiger charge is -2.34. The molecular weight excluding hydrogens is 136 g/mol. The molecule has 2 heteroatoms. The molecule has 0 amide bonds. The van der Waals surface area contributed by atoms with E-state index in [9.17, 15) is 0 Å². The highest BCUT2D eigenvalue weighted by atomic mass is 15.2. The van der Waals surface area contributed by atoms with Crippen molar-refractivity contribution in [1.82, 2.24) is 10.2 Å². The van der Waals surface area contributed by atoms with Gasteiger partial charge in [0, 0.05) is 32.2 Å². The topological polar surface area (TPSA) is 15.3 Å². The Balaban J connectivity index is 2.32. The third-order valence-corrected chi connectivity index (χ3v) is 2.39. The predicted octanol–water partition coefficient (Wildman–Crippen LogP) is 0.750. The van der Waals surface area contributed by atoms with Crippen LogP contribution in [0, 0.1) is 12.8 Å². The number of nitrogens with one attached hydrogen (secondary N) is 1. The quantitative estimate of drug-likeness (QED) is 0.633. The minimum absolute atomic E-state index is 0.497. The molecule has 1 atom stereocenters. The maximum Gasteiger partial charge on any atom is 0.0120 e. The van der Waals surface area contributed by atoms with Crippen LogP contribution in [0.2, 0.25) is 0 Å². The fourth-order valence-electron chi connectivity index (χ4n) is 1.44. The van der Waals surface area contributed by atoms with Gasteiger partial charge in [0.05, 0.1) is 0 Å². The summed E-state index contributed by atoms with van der Waals surface area (Å²) in [5.41, 5.74) is 0. The summed E-state index contributed by atoms with van der Waals surface area (Å²) in [6.07, 6.45) is 0. The van der Waals surface area contributed by atoms with E-state index in [1.54, 1.807) is 0 Å². The first-order valence-corrected chi connectivity index (χ1v) is 4.49. The highest BCUT2D eigenvalue weighted by Gasteiger charge is 2.18. The number of nitrogens with zero attached hydrogens (tertiary/aromatic N) is 1. The largest absolute Gasteiger partial charge is 0.314 e. The maximum atomic E-state index is 4.16. The fourth-order valence-corrected chi connectivity index (χ4v) is 1.44. The summed E-state index contributed by atoms with van der Waals surface area (Å²) in [7, 11) is 0. The lowest BCUT2D eigenvalue weighted by Crippen LogP contribution is -2.49. The Hall–Kier alpha value is -0.0800. The van der Waals surface area contributed by atoms with Gasteiger partial charge in [-0.3, -0.25) is 4.90 Å². The average molecular weight is 155 g/mol. The van der Waals surface area contributed by atoms with Crippen molar-refractivity contribution >= 4 is 0 Å². The molecule has 0 aromatic rings. The summed E-state index contributed by atoms with van der Waals surface area (Å²) in [5.74, 6) is 0.674.